The molecule has 1 rings (SSSR count). The number of aliphatic hydroxyl groups excluding tert-OH is 1. The number of hydrogen-bond acceptors (Lipinski definition) is 4. The van der Waals surface area contributed by atoms with Crippen molar-refractivity contribution in [2.24, 2.45) is 0 Å². The van der Waals surface area contributed by atoms with E-state index in [1.165, 1.54) is 4.57 Å². The quantitative estimate of drug-likeness (QED) is 0.372. The van der Waals surface area contributed by atoms with Crippen LogP contribution >= 0.6 is 0 Å². The molecule has 1 aromatic rings. The van der Waals surface area contributed by atoms with E-state index in [-0.39, 0.29) is 12.4 Å². The van der Waals surface area contributed by atoms with E-state index >= 15 is 0 Å². The number of nitro groups is 1. The van der Waals surface area contributed by atoms with Gasteiger partial charge in [-0.05, 0) is 11.8 Å². The summed E-state index contributed by atoms with van der Waals surface area (Å²) in [6, 6.07) is 0. The van der Waals surface area contributed by atoms with Crippen LogP contribution in [0.2, 0.25) is 0 Å². The summed E-state index contributed by atoms with van der Waals surface area (Å²) in [5.41, 5.74) is 0.383. The van der Waals surface area contributed by atoms with E-state index in [0.29, 0.717) is 11.4 Å². The number of aromatic nitrogens is 2. The molecule has 1 unspecified atom stereocenters. The van der Waals surface area contributed by atoms with Crippen LogP contribution in [-0.2, 0) is 6.54 Å². The van der Waals surface area contributed by atoms with E-state index < -0.39 is 11.0 Å². The van der Waals surface area contributed by atoms with Crippen LogP contribution in [0.3, 0.4) is 0 Å². The first-order valence-electron chi connectivity index (χ1n) is 4.29. The summed E-state index contributed by atoms with van der Waals surface area (Å²) < 4.78 is 1.42. The fourth-order valence-corrected chi connectivity index (χ4v) is 1.42. The summed E-state index contributed by atoms with van der Waals surface area (Å²) in [5.74, 6) is 0.513. The highest BCUT2D eigenvalue weighted by Crippen LogP contribution is 2.11. The van der Waals surface area contributed by atoms with E-state index in [4.69, 9.17) is 0 Å². The van der Waals surface area contributed by atoms with Crippen LogP contribution in [0.5, 0.6) is 0 Å². The van der Waals surface area contributed by atoms with Crippen LogP contribution < -0.4 is 5.59 Å². The van der Waals surface area contributed by atoms with Gasteiger partial charge < -0.3 is 15.2 Å². The highest BCUT2D eigenvalue weighted by molar-refractivity contribution is 6.33. The van der Waals surface area contributed by atoms with Crippen molar-refractivity contribution in [1.29, 1.82) is 0 Å². The van der Waals surface area contributed by atoms with Gasteiger partial charge in [0.05, 0.1) is 11.7 Å². The van der Waals surface area contributed by atoms with Crippen molar-refractivity contribution in [2.45, 2.75) is 26.5 Å². The van der Waals surface area contributed by atoms with Crippen molar-refractivity contribution in [3.8, 4) is 0 Å². The molecule has 14 heavy (non-hydrogen) atoms. The first kappa shape index (κ1) is 10.7. The van der Waals surface area contributed by atoms with Gasteiger partial charge in [-0.1, -0.05) is 0 Å². The van der Waals surface area contributed by atoms with Gasteiger partial charge in [0.25, 0.3) is 0 Å². The predicted molar refractivity (Wildman–Crippen MR) is 53.5 cm³/mol. The highest BCUT2D eigenvalue weighted by atomic mass is 16.6. The molecule has 0 saturated heterocycles. The molecule has 0 saturated carbocycles. The van der Waals surface area contributed by atoms with E-state index in [2.05, 4.69) is 4.98 Å². The number of aliphatic hydroxyl groups is 1. The number of nitrogens with zero attached hydrogens (tertiary/aromatic N) is 3. The van der Waals surface area contributed by atoms with Crippen molar-refractivity contribution in [2.75, 3.05) is 0 Å². The van der Waals surface area contributed by atoms with E-state index in [9.17, 15) is 15.2 Å². The fraction of sp³-hybridized carbons (Fsp3) is 0.571. The van der Waals surface area contributed by atoms with Crippen LogP contribution in [0.15, 0.2) is 0 Å². The highest BCUT2D eigenvalue weighted by Gasteiger charge is 2.22. The normalized spacial score (nSPS) is 12.8. The number of rotatable bonds is 3. The van der Waals surface area contributed by atoms with Crippen LogP contribution in [-0.4, -0.2) is 33.5 Å². The lowest BCUT2D eigenvalue weighted by Crippen LogP contribution is -2.17. The summed E-state index contributed by atoms with van der Waals surface area (Å²) >= 11 is 0. The molecular weight excluding hydrogens is 185 g/mol. The van der Waals surface area contributed by atoms with Crippen LogP contribution in [0.25, 0.3) is 0 Å². The molecule has 0 aliphatic carbocycles. The lowest BCUT2D eigenvalue weighted by atomic mass is 10.1. The van der Waals surface area contributed by atoms with Gasteiger partial charge in [-0.25, -0.2) is 9.55 Å². The lowest BCUT2D eigenvalue weighted by Gasteiger charge is -2.04. The van der Waals surface area contributed by atoms with Crippen LogP contribution in [0, 0.1) is 17.0 Å². The largest absolute Gasteiger partial charge is 0.389 e. The molecule has 1 heterocycles. The Kier molecular flexibility index (Phi) is 2.90. The second-order valence-electron chi connectivity index (χ2n) is 3.28. The summed E-state index contributed by atoms with van der Waals surface area (Å²) in [7, 11) is 1.59. The Morgan fingerprint density at radius 2 is 2.36 bits per heavy atom. The third-order valence-corrected chi connectivity index (χ3v) is 1.92. The third-order valence-electron chi connectivity index (χ3n) is 1.92. The maximum Gasteiger partial charge on any atom is 0.335 e. The van der Waals surface area contributed by atoms with Crippen molar-refractivity contribution in [1.82, 2.24) is 9.55 Å². The molecule has 0 amide bonds. The Balaban J connectivity index is 3.18. The average molecular weight is 197 g/mol. The van der Waals surface area contributed by atoms with Gasteiger partial charge in [-0.2, -0.15) is 0 Å². The lowest BCUT2D eigenvalue weighted by molar-refractivity contribution is -0.391. The molecule has 0 fully saturated rings. The minimum atomic E-state index is -0.624. The summed E-state index contributed by atoms with van der Waals surface area (Å²) in [4.78, 5) is 14.2. The average Bonchev–Trinajstić information content (AvgIpc) is 2.25. The first-order chi connectivity index (χ1) is 6.43. The Morgan fingerprint density at radius 1 is 1.79 bits per heavy atom. The van der Waals surface area contributed by atoms with E-state index in [1.54, 1.807) is 21.7 Å². The van der Waals surface area contributed by atoms with Crippen LogP contribution in [0.4, 0.5) is 5.82 Å². The Morgan fingerprint density at radius 3 is 2.79 bits per heavy atom. The molecule has 0 bridgehead atoms. The zero-order valence-electron chi connectivity index (χ0n) is 8.39. The van der Waals surface area contributed by atoms with Crippen molar-refractivity contribution in [3.63, 3.8) is 0 Å². The second kappa shape index (κ2) is 3.79. The topological polar surface area (TPSA) is 81.2 Å². The Hall–Kier alpha value is -1.37. The van der Waals surface area contributed by atoms with Gasteiger partial charge in [0.15, 0.2) is 13.7 Å². The van der Waals surface area contributed by atoms with Gasteiger partial charge in [0, 0.05) is 6.92 Å². The molecule has 1 aromatic heterocycles. The number of hydrogen-bond donors (Lipinski definition) is 1. The molecule has 0 spiro atoms. The van der Waals surface area contributed by atoms with Gasteiger partial charge in [0.2, 0.25) is 0 Å². The Labute approximate surface area is 82.1 Å². The molecule has 0 aliphatic rings. The standard InChI is InChI=1S/C7H12BN3O3/c1-4(12)3-10-5(2)9-6(8)7(10)11(13)14/h4,12H,3,8H2,1-2H3. The number of aryl methyl sites for hydroxylation is 1. The summed E-state index contributed by atoms with van der Waals surface area (Å²) in [6.45, 7) is 3.46. The smallest absolute Gasteiger partial charge is 0.335 e. The Bertz CT molecular complexity index is 361. The molecule has 0 radical (unpaired) electrons. The molecule has 6 nitrogen and oxygen atoms in total. The van der Waals surface area contributed by atoms with Gasteiger partial charge in [-0.3, -0.25) is 0 Å². The second-order valence-corrected chi connectivity index (χ2v) is 3.28. The van der Waals surface area contributed by atoms with Gasteiger partial charge in [0.1, 0.15) is 6.54 Å². The zero-order valence-corrected chi connectivity index (χ0v) is 8.39. The minimum absolute atomic E-state index is 0.0385. The van der Waals surface area contributed by atoms with Gasteiger partial charge in [-0.15, -0.1) is 0 Å². The third kappa shape index (κ3) is 1.93. The van der Waals surface area contributed by atoms with Crippen molar-refractivity contribution in [3.05, 3.63) is 15.9 Å². The monoisotopic (exact) mass is 197 g/mol. The van der Waals surface area contributed by atoms with Gasteiger partial charge >= 0.3 is 5.82 Å². The predicted octanol–water partition coefficient (Wildman–Crippen LogP) is -1.26. The molecular formula is C7H12BN3O3. The molecule has 1 N–H and O–H groups in total. The van der Waals surface area contributed by atoms with E-state index in [0.717, 1.165) is 0 Å². The molecule has 7 heteroatoms. The maximum absolute atomic E-state index is 10.7. The van der Waals surface area contributed by atoms with Crippen molar-refractivity contribution < 1.29 is 10.0 Å². The molecule has 1 atom stereocenters. The molecule has 0 aliphatic heterocycles. The fourth-order valence-electron chi connectivity index (χ4n) is 1.42. The number of imidazole rings is 1. The zero-order chi connectivity index (χ0) is 10.9. The van der Waals surface area contributed by atoms with Crippen LogP contribution in [0.1, 0.15) is 12.7 Å². The minimum Gasteiger partial charge on any atom is -0.389 e. The summed E-state index contributed by atoms with van der Waals surface area (Å²) in [6.07, 6.45) is -0.624. The molecule has 76 valence electrons. The SMILES string of the molecule is Bc1nc(C)n(CC(C)O)c1[N+](=O)[O-]. The van der Waals surface area contributed by atoms with E-state index in [1.807, 2.05) is 0 Å². The molecule has 0 aromatic carbocycles. The van der Waals surface area contributed by atoms with Crippen molar-refractivity contribution >= 4 is 19.3 Å². The maximum atomic E-state index is 10.7. The first-order valence-corrected chi connectivity index (χ1v) is 4.29. The summed E-state index contributed by atoms with van der Waals surface area (Å²) in [5, 5.41) is 19.9.